The number of nitrogens with zero attached hydrogens (tertiary/aromatic N) is 5. The van der Waals surface area contributed by atoms with E-state index in [-0.39, 0.29) is 30.1 Å². The van der Waals surface area contributed by atoms with Gasteiger partial charge in [0.1, 0.15) is 23.5 Å². The molecular weight excluding hydrogens is 523 g/mol. The molecule has 2 aromatic heterocycles. The van der Waals surface area contributed by atoms with Gasteiger partial charge < -0.3 is 19.5 Å². The van der Waals surface area contributed by atoms with Gasteiger partial charge in [-0.05, 0) is 19.4 Å². The molecule has 0 amide bonds. The van der Waals surface area contributed by atoms with E-state index in [4.69, 9.17) is 9.73 Å². The maximum Gasteiger partial charge on any atom is 0.194 e. The van der Waals surface area contributed by atoms with Crippen LogP contribution in [0.2, 0.25) is 0 Å². The molecule has 0 aliphatic carbocycles. The number of ether oxygens (including phenoxy) is 1. The van der Waals surface area contributed by atoms with E-state index in [1.807, 2.05) is 32.4 Å². The summed E-state index contributed by atoms with van der Waals surface area (Å²) in [7, 11) is 3.73. The van der Waals surface area contributed by atoms with Crippen LogP contribution in [0, 0.1) is 0 Å². The van der Waals surface area contributed by atoms with E-state index < -0.39 is 0 Å². The fourth-order valence-corrected chi connectivity index (χ4v) is 3.87. The van der Waals surface area contributed by atoms with Crippen LogP contribution in [0.4, 0.5) is 0 Å². The number of aliphatic imine (C=N–C) groups is 1. The van der Waals surface area contributed by atoms with Crippen molar-refractivity contribution in [1.29, 1.82) is 0 Å². The lowest BCUT2D eigenvalue weighted by Crippen LogP contribution is -2.38. The molecule has 1 atom stereocenters. The number of benzene rings is 1. The number of imidazole rings is 1. The maximum atomic E-state index is 5.36. The first kappa shape index (κ1) is 25.3. The topological polar surface area (TPSA) is 67.6 Å². The largest absolute Gasteiger partial charge is 0.375 e. The van der Waals surface area contributed by atoms with Gasteiger partial charge >= 0.3 is 0 Å². The van der Waals surface area contributed by atoms with Crippen LogP contribution in [0.15, 0.2) is 53.1 Å². The summed E-state index contributed by atoms with van der Waals surface area (Å²) < 4.78 is 7.50. The van der Waals surface area contributed by atoms with E-state index in [1.165, 1.54) is 5.56 Å². The minimum absolute atomic E-state index is 0. The highest BCUT2D eigenvalue weighted by atomic mass is 127. The van der Waals surface area contributed by atoms with Crippen molar-refractivity contribution < 1.29 is 4.74 Å². The Balaban J connectivity index is 0.00000341. The smallest absolute Gasteiger partial charge is 0.194 e. The van der Waals surface area contributed by atoms with Crippen LogP contribution in [0.3, 0.4) is 0 Å². The number of thiazole rings is 1. The fourth-order valence-electron chi connectivity index (χ4n) is 3.03. The Morgan fingerprint density at radius 1 is 1.32 bits per heavy atom. The Labute approximate surface area is 205 Å². The van der Waals surface area contributed by atoms with Crippen LogP contribution in [0.25, 0.3) is 0 Å². The van der Waals surface area contributed by atoms with E-state index in [9.17, 15) is 0 Å². The van der Waals surface area contributed by atoms with Gasteiger partial charge in [-0.3, -0.25) is 0 Å². The average molecular weight is 555 g/mol. The number of aromatic nitrogens is 3. The molecule has 0 aliphatic heterocycles. The van der Waals surface area contributed by atoms with Crippen molar-refractivity contribution in [2.45, 2.75) is 39.6 Å². The molecule has 0 radical (unpaired) electrons. The van der Waals surface area contributed by atoms with E-state index >= 15 is 0 Å². The van der Waals surface area contributed by atoms with E-state index in [1.54, 1.807) is 18.4 Å². The summed E-state index contributed by atoms with van der Waals surface area (Å²) >= 11 is 1.63. The van der Waals surface area contributed by atoms with Crippen molar-refractivity contribution in [3.63, 3.8) is 0 Å². The molecule has 0 spiro atoms. The van der Waals surface area contributed by atoms with Crippen molar-refractivity contribution in [3.05, 3.63) is 70.2 Å². The maximum absolute atomic E-state index is 5.36. The number of nitrogens with one attached hydrogen (secondary N) is 1. The number of methoxy groups -OCH3 is 1. The molecule has 3 rings (SSSR count). The third-order valence-corrected chi connectivity index (χ3v) is 5.79. The monoisotopic (exact) mass is 554 g/mol. The summed E-state index contributed by atoms with van der Waals surface area (Å²) in [6.45, 7) is 6.85. The lowest BCUT2D eigenvalue weighted by atomic mass is 10.2. The van der Waals surface area contributed by atoms with Gasteiger partial charge in [-0.25, -0.2) is 15.0 Å². The van der Waals surface area contributed by atoms with Crippen molar-refractivity contribution in [2.75, 3.05) is 20.7 Å². The van der Waals surface area contributed by atoms with Gasteiger partial charge in [-0.1, -0.05) is 30.3 Å². The molecule has 7 nitrogen and oxygen atoms in total. The molecule has 9 heteroatoms. The minimum atomic E-state index is 0. The highest BCUT2D eigenvalue weighted by molar-refractivity contribution is 14.0. The molecule has 0 saturated carbocycles. The Morgan fingerprint density at radius 2 is 2.10 bits per heavy atom. The van der Waals surface area contributed by atoms with Gasteiger partial charge in [0.15, 0.2) is 5.96 Å². The molecule has 3 aromatic rings. The zero-order chi connectivity index (χ0) is 21.3. The molecule has 2 heterocycles. The Bertz CT molecular complexity index is 942. The summed E-state index contributed by atoms with van der Waals surface area (Å²) in [5.74, 6) is 1.77. The van der Waals surface area contributed by atoms with Crippen LogP contribution in [-0.2, 0) is 24.4 Å². The molecule has 0 saturated heterocycles. The Morgan fingerprint density at radius 3 is 2.81 bits per heavy atom. The van der Waals surface area contributed by atoms with Gasteiger partial charge in [0.25, 0.3) is 0 Å². The highest BCUT2D eigenvalue weighted by Gasteiger charge is 2.13. The van der Waals surface area contributed by atoms with E-state index in [0.717, 1.165) is 35.6 Å². The second kappa shape index (κ2) is 12.8. The van der Waals surface area contributed by atoms with Crippen molar-refractivity contribution in [3.8, 4) is 0 Å². The van der Waals surface area contributed by atoms with Gasteiger partial charge in [0, 0.05) is 45.0 Å². The molecule has 0 fully saturated rings. The Hall–Kier alpha value is -1.98. The normalized spacial score (nSPS) is 12.3. The van der Waals surface area contributed by atoms with Crippen molar-refractivity contribution in [1.82, 2.24) is 24.8 Å². The standard InChI is InChI=1S/C22H30N6OS.HI/c1-5-23-22(27(3)15-19-16-30-21(26-19)17(2)29-4)25-13-20-24-11-12-28(20)14-18-9-7-6-8-10-18;/h6-12,16-17H,5,13-15H2,1-4H3,(H,23,25);1H. The van der Waals surface area contributed by atoms with Crippen LogP contribution in [0.1, 0.15) is 42.0 Å². The summed E-state index contributed by atoms with van der Waals surface area (Å²) in [5, 5.41) is 6.44. The average Bonchev–Trinajstić information content (AvgIpc) is 3.40. The summed E-state index contributed by atoms with van der Waals surface area (Å²) in [6, 6.07) is 10.4. The first-order chi connectivity index (χ1) is 14.6. The fraction of sp³-hybridized carbons (Fsp3) is 0.409. The third-order valence-electron chi connectivity index (χ3n) is 4.73. The number of guanidine groups is 1. The molecule has 1 N–H and O–H groups in total. The number of rotatable bonds is 9. The molecule has 1 aromatic carbocycles. The first-order valence-electron chi connectivity index (χ1n) is 10.1. The molecule has 31 heavy (non-hydrogen) atoms. The lowest BCUT2D eigenvalue weighted by molar-refractivity contribution is 0.119. The van der Waals surface area contributed by atoms with Crippen LogP contribution >= 0.6 is 35.3 Å². The zero-order valence-corrected chi connectivity index (χ0v) is 21.6. The quantitative estimate of drug-likeness (QED) is 0.243. The Kier molecular flexibility index (Phi) is 10.4. The number of hydrogen-bond donors (Lipinski definition) is 1. The SMILES string of the molecule is CCNC(=NCc1nccn1Cc1ccccc1)N(C)Cc1csc(C(C)OC)n1.I. The second-order valence-electron chi connectivity index (χ2n) is 7.04. The van der Waals surface area contributed by atoms with Crippen LogP contribution in [0.5, 0.6) is 0 Å². The predicted molar refractivity (Wildman–Crippen MR) is 137 cm³/mol. The lowest BCUT2D eigenvalue weighted by Gasteiger charge is -2.21. The second-order valence-corrected chi connectivity index (χ2v) is 7.93. The molecule has 1 unspecified atom stereocenters. The van der Waals surface area contributed by atoms with Gasteiger partial charge in [0.05, 0.1) is 12.2 Å². The third kappa shape index (κ3) is 7.29. The zero-order valence-electron chi connectivity index (χ0n) is 18.5. The predicted octanol–water partition coefficient (Wildman–Crippen LogP) is 4.31. The van der Waals surface area contributed by atoms with Crippen LogP contribution < -0.4 is 5.32 Å². The molecule has 0 bridgehead atoms. The molecule has 0 aliphatic rings. The van der Waals surface area contributed by atoms with Crippen molar-refractivity contribution in [2.24, 2.45) is 4.99 Å². The van der Waals surface area contributed by atoms with Gasteiger partial charge in [0.2, 0.25) is 0 Å². The van der Waals surface area contributed by atoms with Gasteiger partial charge in [-0.15, -0.1) is 35.3 Å². The minimum Gasteiger partial charge on any atom is -0.375 e. The summed E-state index contributed by atoms with van der Waals surface area (Å²) in [4.78, 5) is 16.1. The number of hydrogen-bond acceptors (Lipinski definition) is 5. The van der Waals surface area contributed by atoms with E-state index in [2.05, 4.69) is 61.3 Å². The van der Waals surface area contributed by atoms with Gasteiger partial charge in [-0.2, -0.15) is 0 Å². The summed E-state index contributed by atoms with van der Waals surface area (Å²) in [6.07, 6.45) is 3.85. The highest BCUT2D eigenvalue weighted by Crippen LogP contribution is 2.21. The molecule has 168 valence electrons. The van der Waals surface area contributed by atoms with E-state index in [0.29, 0.717) is 13.1 Å². The van der Waals surface area contributed by atoms with Crippen LogP contribution in [-0.4, -0.2) is 46.1 Å². The summed E-state index contributed by atoms with van der Waals surface area (Å²) in [5.41, 5.74) is 2.26. The molecular formula is C22H31IN6OS. The first-order valence-corrected chi connectivity index (χ1v) is 11.0. The number of halogens is 1. The van der Waals surface area contributed by atoms with Crippen molar-refractivity contribution >= 4 is 41.3 Å².